The van der Waals surface area contributed by atoms with Crippen molar-refractivity contribution in [3.05, 3.63) is 77.9 Å². The van der Waals surface area contributed by atoms with Crippen LogP contribution < -0.4 is 5.32 Å². The van der Waals surface area contributed by atoms with Crippen LogP contribution >= 0.6 is 12.4 Å². The standard InChI is InChI=1S/C17H19NO.ClH/c19-17(16-11-5-2-6-12-16)14-18-13-7-10-15-8-3-1-4-9-15;/h1-12,17-19H,13-14H2;1H. The Morgan fingerprint density at radius 2 is 1.55 bits per heavy atom. The van der Waals surface area contributed by atoms with Gasteiger partial charge in [-0.25, -0.2) is 0 Å². The molecule has 0 radical (unpaired) electrons. The van der Waals surface area contributed by atoms with E-state index in [1.165, 1.54) is 5.56 Å². The van der Waals surface area contributed by atoms with Gasteiger partial charge in [-0.3, -0.25) is 0 Å². The highest BCUT2D eigenvalue weighted by molar-refractivity contribution is 5.85. The van der Waals surface area contributed by atoms with Gasteiger partial charge in [0, 0.05) is 13.1 Å². The van der Waals surface area contributed by atoms with Crippen LogP contribution in [0.4, 0.5) is 0 Å². The Balaban J connectivity index is 0.00000200. The predicted molar refractivity (Wildman–Crippen MR) is 87.0 cm³/mol. The zero-order valence-corrected chi connectivity index (χ0v) is 12.1. The zero-order chi connectivity index (χ0) is 13.3. The smallest absolute Gasteiger partial charge is 0.0914 e. The highest BCUT2D eigenvalue weighted by atomic mass is 35.5. The summed E-state index contributed by atoms with van der Waals surface area (Å²) in [4.78, 5) is 0. The number of hydrogen-bond donors (Lipinski definition) is 2. The molecular weight excluding hydrogens is 270 g/mol. The van der Waals surface area contributed by atoms with Crippen LogP contribution in [0, 0.1) is 0 Å². The molecular formula is C17H20ClNO. The van der Waals surface area contributed by atoms with Crippen LogP contribution in [0.2, 0.25) is 0 Å². The van der Waals surface area contributed by atoms with Crippen molar-refractivity contribution in [3.8, 4) is 0 Å². The molecule has 2 nitrogen and oxygen atoms in total. The van der Waals surface area contributed by atoms with Gasteiger partial charge in [0.05, 0.1) is 6.10 Å². The third-order valence-corrected chi connectivity index (χ3v) is 2.89. The molecule has 0 aliphatic carbocycles. The molecule has 0 heterocycles. The van der Waals surface area contributed by atoms with Gasteiger partial charge in [0.1, 0.15) is 0 Å². The van der Waals surface area contributed by atoms with Crippen molar-refractivity contribution in [2.45, 2.75) is 6.10 Å². The largest absolute Gasteiger partial charge is 0.387 e. The molecule has 2 rings (SSSR count). The fraction of sp³-hybridized carbons (Fsp3) is 0.176. The van der Waals surface area contributed by atoms with E-state index in [0.717, 1.165) is 12.1 Å². The molecule has 2 aromatic carbocycles. The molecule has 0 saturated heterocycles. The molecule has 0 amide bonds. The zero-order valence-electron chi connectivity index (χ0n) is 11.3. The number of rotatable bonds is 6. The first-order valence-corrected chi connectivity index (χ1v) is 6.51. The van der Waals surface area contributed by atoms with Crippen molar-refractivity contribution in [1.29, 1.82) is 0 Å². The van der Waals surface area contributed by atoms with Crippen LogP contribution in [-0.4, -0.2) is 18.2 Å². The minimum atomic E-state index is -0.452. The molecule has 0 spiro atoms. The summed E-state index contributed by atoms with van der Waals surface area (Å²) in [5.41, 5.74) is 2.13. The quantitative estimate of drug-likeness (QED) is 0.799. The van der Waals surface area contributed by atoms with Gasteiger partial charge in [0.25, 0.3) is 0 Å². The second kappa shape index (κ2) is 9.32. The maximum Gasteiger partial charge on any atom is 0.0914 e. The fourth-order valence-corrected chi connectivity index (χ4v) is 1.86. The Kier molecular flexibility index (Phi) is 7.66. The predicted octanol–water partition coefficient (Wildman–Crippen LogP) is 3.44. The van der Waals surface area contributed by atoms with Crippen LogP contribution in [0.3, 0.4) is 0 Å². The van der Waals surface area contributed by atoms with Crippen molar-refractivity contribution < 1.29 is 5.11 Å². The van der Waals surface area contributed by atoms with E-state index in [9.17, 15) is 5.11 Å². The topological polar surface area (TPSA) is 32.3 Å². The lowest BCUT2D eigenvalue weighted by molar-refractivity contribution is 0.176. The molecule has 0 aliphatic heterocycles. The number of benzene rings is 2. The van der Waals surface area contributed by atoms with Crippen LogP contribution in [0.15, 0.2) is 66.7 Å². The van der Waals surface area contributed by atoms with Gasteiger partial charge in [0.15, 0.2) is 0 Å². The average molecular weight is 290 g/mol. The Labute approximate surface area is 126 Å². The maximum absolute atomic E-state index is 9.95. The highest BCUT2D eigenvalue weighted by Gasteiger charge is 2.04. The third kappa shape index (κ3) is 5.57. The molecule has 1 atom stereocenters. The normalized spacial score (nSPS) is 12.1. The van der Waals surface area contributed by atoms with Crippen molar-refractivity contribution in [2.75, 3.05) is 13.1 Å². The van der Waals surface area contributed by atoms with E-state index in [4.69, 9.17) is 0 Å². The van der Waals surface area contributed by atoms with Gasteiger partial charge in [0.2, 0.25) is 0 Å². The number of aliphatic hydroxyl groups is 1. The number of aliphatic hydroxyl groups excluding tert-OH is 1. The molecule has 3 heteroatoms. The van der Waals surface area contributed by atoms with E-state index in [-0.39, 0.29) is 12.4 Å². The first kappa shape index (κ1) is 16.4. The van der Waals surface area contributed by atoms with Gasteiger partial charge in [-0.1, -0.05) is 72.8 Å². The minimum absolute atomic E-state index is 0. The van der Waals surface area contributed by atoms with Crippen molar-refractivity contribution >= 4 is 18.5 Å². The summed E-state index contributed by atoms with van der Waals surface area (Å²) in [6.45, 7) is 1.31. The lowest BCUT2D eigenvalue weighted by Crippen LogP contribution is -2.21. The molecule has 0 fully saturated rings. The summed E-state index contributed by atoms with van der Waals surface area (Å²) in [7, 11) is 0. The van der Waals surface area contributed by atoms with E-state index in [1.54, 1.807) is 0 Å². The number of halogens is 1. The number of nitrogens with one attached hydrogen (secondary N) is 1. The van der Waals surface area contributed by atoms with Gasteiger partial charge in [-0.05, 0) is 11.1 Å². The number of hydrogen-bond acceptors (Lipinski definition) is 2. The molecule has 2 N–H and O–H groups in total. The summed E-state index contributed by atoms with van der Waals surface area (Å²) in [6.07, 6.45) is 3.68. The lowest BCUT2D eigenvalue weighted by Gasteiger charge is -2.10. The molecule has 0 aromatic heterocycles. The Bertz CT molecular complexity index is 499. The molecule has 106 valence electrons. The van der Waals surface area contributed by atoms with E-state index >= 15 is 0 Å². The van der Waals surface area contributed by atoms with E-state index < -0.39 is 6.10 Å². The SMILES string of the molecule is Cl.OC(CNCC=Cc1ccccc1)c1ccccc1. The van der Waals surface area contributed by atoms with Crippen molar-refractivity contribution in [2.24, 2.45) is 0 Å². The molecule has 0 bridgehead atoms. The van der Waals surface area contributed by atoms with Crippen molar-refractivity contribution in [3.63, 3.8) is 0 Å². The molecule has 20 heavy (non-hydrogen) atoms. The average Bonchev–Trinajstić information content (AvgIpc) is 2.49. The summed E-state index contributed by atoms with van der Waals surface area (Å²) >= 11 is 0. The third-order valence-electron chi connectivity index (χ3n) is 2.89. The minimum Gasteiger partial charge on any atom is -0.387 e. The second-order valence-electron chi connectivity index (χ2n) is 4.40. The molecule has 2 aromatic rings. The second-order valence-corrected chi connectivity index (χ2v) is 4.40. The van der Waals surface area contributed by atoms with E-state index in [0.29, 0.717) is 6.54 Å². The summed E-state index contributed by atoms with van der Waals surface area (Å²) in [5.74, 6) is 0. The first-order valence-electron chi connectivity index (χ1n) is 6.51. The molecule has 0 aliphatic rings. The van der Waals surface area contributed by atoms with Crippen LogP contribution in [0.5, 0.6) is 0 Å². The Morgan fingerprint density at radius 1 is 0.950 bits per heavy atom. The maximum atomic E-state index is 9.95. The van der Waals surface area contributed by atoms with Gasteiger partial charge in [-0.2, -0.15) is 0 Å². The van der Waals surface area contributed by atoms with Crippen molar-refractivity contribution in [1.82, 2.24) is 5.32 Å². The van der Waals surface area contributed by atoms with Crippen LogP contribution in [0.1, 0.15) is 17.2 Å². The summed E-state index contributed by atoms with van der Waals surface area (Å²) in [6, 6.07) is 19.9. The van der Waals surface area contributed by atoms with E-state index in [2.05, 4.69) is 29.6 Å². The monoisotopic (exact) mass is 289 g/mol. The van der Waals surface area contributed by atoms with Gasteiger partial charge >= 0.3 is 0 Å². The lowest BCUT2D eigenvalue weighted by atomic mass is 10.1. The van der Waals surface area contributed by atoms with E-state index in [1.807, 2.05) is 48.5 Å². The first-order chi connectivity index (χ1) is 9.36. The highest BCUT2D eigenvalue weighted by Crippen LogP contribution is 2.10. The Morgan fingerprint density at radius 3 is 2.20 bits per heavy atom. The fourth-order valence-electron chi connectivity index (χ4n) is 1.86. The van der Waals surface area contributed by atoms with Gasteiger partial charge < -0.3 is 10.4 Å². The molecule has 0 saturated carbocycles. The van der Waals surface area contributed by atoms with Gasteiger partial charge in [-0.15, -0.1) is 12.4 Å². The Hall–Kier alpha value is -1.61. The molecule has 1 unspecified atom stereocenters. The summed E-state index contributed by atoms with van der Waals surface area (Å²) < 4.78 is 0. The summed E-state index contributed by atoms with van der Waals surface area (Å²) in [5, 5.41) is 13.2. The van der Waals surface area contributed by atoms with Crippen LogP contribution in [0.25, 0.3) is 6.08 Å². The van der Waals surface area contributed by atoms with Crippen LogP contribution in [-0.2, 0) is 0 Å².